The van der Waals surface area contributed by atoms with E-state index in [4.69, 9.17) is 27.9 Å². The lowest BCUT2D eigenvalue weighted by Gasteiger charge is -2.30. The first-order valence-corrected chi connectivity index (χ1v) is 7.48. The molecule has 0 aromatic carbocycles. The molecule has 1 unspecified atom stereocenters. The average molecular weight is 299 g/mol. The Morgan fingerprint density at radius 3 is 2.28 bits per heavy atom. The molecule has 18 heavy (non-hydrogen) atoms. The number of carbonyl (C=O) groups is 1. The number of hydrogen-bond acceptors (Lipinski definition) is 3. The summed E-state index contributed by atoms with van der Waals surface area (Å²) in [6, 6.07) is 0. The molecule has 0 aliphatic rings. The van der Waals surface area contributed by atoms with Crippen LogP contribution >= 0.6 is 23.2 Å². The van der Waals surface area contributed by atoms with Crippen LogP contribution in [-0.2, 0) is 9.53 Å². The lowest BCUT2D eigenvalue weighted by atomic mass is 9.85. The molecule has 0 aliphatic heterocycles. The quantitative estimate of drug-likeness (QED) is 0.380. The summed E-state index contributed by atoms with van der Waals surface area (Å²) in [4.78, 5) is 11.0. The number of aliphatic hydroxyl groups is 1. The molecule has 0 radical (unpaired) electrons. The van der Waals surface area contributed by atoms with Crippen molar-refractivity contribution >= 4 is 29.2 Å². The molecule has 0 aromatic rings. The van der Waals surface area contributed by atoms with Gasteiger partial charge in [0.2, 0.25) is 0 Å². The highest BCUT2D eigenvalue weighted by molar-refractivity contribution is 6.45. The second-order valence-corrected chi connectivity index (χ2v) is 5.60. The first kappa shape index (κ1) is 18.0. The van der Waals surface area contributed by atoms with Crippen molar-refractivity contribution in [2.75, 3.05) is 13.2 Å². The van der Waals surface area contributed by atoms with Crippen molar-refractivity contribution in [3.63, 3.8) is 0 Å². The van der Waals surface area contributed by atoms with Crippen molar-refractivity contribution in [2.24, 2.45) is 5.41 Å². The maximum atomic E-state index is 11.9. The number of rotatable bonds is 10. The minimum Gasteiger partial charge on any atom is -0.465 e. The Balaban J connectivity index is 4.42. The lowest BCUT2D eigenvalue weighted by molar-refractivity contribution is -0.157. The molecule has 108 valence electrons. The van der Waals surface area contributed by atoms with Crippen LogP contribution in [0.3, 0.4) is 0 Å². The van der Waals surface area contributed by atoms with E-state index in [9.17, 15) is 9.90 Å². The van der Waals surface area contributed by atoms with Crippen LogP contribution in [0.25, 0.3) is 0 Å². The van der Waals surface area contributed by atoms with Gasteiger partial charge in [0.05, 0.1) is 13.2 Å². The van der Waals surface area contributed by atoms with Crippen molar-refractivity contribution < 1.29 is 14.6 Å². The minimum absolute atomic E-state index is 0.261. The minimum atomic E-state index is -1.18. The molecule has 0 amide bonds. The Kier molecular flexibility index (Phi) is 9.88. The average Bonchev–Trinajstić information content (AvgIpc) is 2.34. The smallest absolute Gasteiger partial charge is 0.317 e. The van der Waals surface area contributed by atoms with Gasteiger partial charge in [0, 0.05) is 0 Å². The van der Waals surface area contributed by atoms with Gasteiger partial charge < -0.3 is 9.84 Å². The molecule has 0 rings (SSSR count). The highest BCUT2D eigenvalue weighted by atomic mass is 35.5. The van der Waals surface area contributed by atoms with E-state index in [0.717, 1.165) is 25.7 Å². The molecule has 0 fully saturated rings. The molecular formula is C13H24Cl2O3. The highest BCUT2D eigenvalue weighted by Crippen LogP contribution is 2.36. The predicted octanol–water partition coefficient (Wildman–Crippen LogP) is 3.69. The number of hydrogen-bond donors (Lipinski definition) is 1. The van der Waals surface area contributed by atoms with Crippen molar-refractivity contribution in [1.29, 1.82) is 0 Å². The van der Waals surface area contributed by atoms with E-state index in [-0.39, 0.29) is 13.2 Å². The number of ether oxygens (including phenoxy) is 1. The van der Waals surface area contributed by atoms with Gasteiger partial charge in [-0.15, -0.1) is 23.2 Å². The number of unbranched alkanes of at least 4 members (excludes halogenated alkanes) is 4. The van der Waals surface area contributed by atoms with Gasteiger partial charge in [-0.2, -0.15) is 0 Å². The third-order valence-corrected chi connectivity index (χ3v) is 3.94. The fourth-order valence-corrected chi connectivity index (χ4v) is 2.37. The first-order chi connectivity index (χ1) is 8.55. The SMILES string of the molecule is CCCCCCCC(CO)(C(=O)OCC)C(Cl)Cl. The van der Waals surface area contributed by atoms with E-state index in [0.29, 0.717) is 6.42 Å². The number of halogens is 2. The first-order valence-electron chi connectivity index (χ1n) is 6.61. The Morgan fingerprint density at radius 1 is 1.22 bits per heavy atom. The molecule has 0 aliphatic carbocycles. The van der Waals surface area contributed by atoms with Crippen LogP contribution in [0, 0.1) is 5.41 Å². The van der Waals surface area contributed by atoms with Crippen molar-refractivity contribution in [3.05, 3.63) is 0 Å². The zero-order chi connectivity index (χ0) is 14.0. The van der Waals surface area contributed by atoms with Crippen molar-refractivity contribution in [2.45, 2.75) is 57.2 Å². The van der Waals surface area contributed by atoms with Gasteiger partial charge in [-0.05, 0) is 13.3 Å². The normalized spacial score (nSPS) is 14.6. The number of alkyl halides is 2. The molecule has 0 saturated heterocycles. The van der Waals surface area contributed by atoms with Gasteiger partial charge in [-0.1, -0.05) is 39.0 Å². The number of carbonyl (C=O) groups excluding carboxylic acids is 1. The zero-order valence-corrected chi connectivity index (χ0v) is 12.8. The van der Waals surface area contributed by atoms with Gasteiger partial charge in [0.15, 0.2) is 0 Å². The Hall–Kier alpha value is 0.01000. The highest BCUT2D eigenvalue weighted by Gasteiger charge is 2.44. The maximum Gasteiger partial charge on any atom is 0.317 e. The largest absolute Gasteiger partial charge is 0.465 e. The third kappa shape index (κ3) is 5.33. The summed E-state index contributed by atoms with van der Waals surface area (Å²) in [5.41, 5.74) is -1.18. The molecule has 0 spiro atoms. The summed E-state index contributed by atoms with van der Waals surface area (Å²) in [6.45, 7) is 3.75. The van der Waals surface area contributed by atoms with Crippen LogP contribution in [0.15, 0.2) is 0 Å². The summed E-state index contributed by atoms with van der Waals surface area (Å²) in [7, 11) is 0. The number of aliphatic hydroxyl groups excluding tert-OH is 1. The van der Waals surface area contributed by atoms with E-state index in [1.54, 1.807) is 6.92 Å². The van der Waals surface area contributed by atoms with Crippen molar-refractivity contribution in [1.82, 2.24) is 0 Å². The van der Waals surface area contributed by atoms with Crippen LogP contribution < -0.4 is 0 Å². The van der Waals surface area contributed by atoms with E-state index in [2.05, 4.69) is 6.92 Å². The molecule has 1 N–H and O–H groups in total. The predicted molar refractivity (Wildman–Crippen MR) is 75.0 cm³/mol. The molecule has 0 bridgehead atoms. The topological polar surface area (TPSA) is 46.5 Å². The summed E-state index contributed by atoms with van der Waals surface area (Å²) in [5.74, 6) is -0.502. The van der Waals surface area contributed by atoms with Gasteiger partial charge in [-0.25, -0.2) is 0 Å². The molecule has 0 saturated carbocycles. The standard InChI is InChI=1S/C13H24Cl2O3/c1-3-5-6-7-8-9-13(10-16,11(14)15)12(17)18-4-2/h11,16H,3-10H2,1-2H3. The second-order valence-electron chi connectivity index (χ2n) is 4.50. The van der Waals surface area contributed by atoms with Gasteiger partial charge in [0.1, 0.15) is 10.3 Å². The summed E-state index contributed by atoms with van der Waals surface area (Å²) >= 11 is 11.8. The Morgan fingerprint density at radius 2 is 1.83 bits per heavy atom. The van der Waals surface area contributed by atoms with Crippen LogP contribution in [0.4, 0.5) is 0 Å². The number of esters is 1. The molecule has 5 heteroatoms. The second kappa shape index (κ2) is 9.88. The molecule has 3 nitrogen and oxygen atoms in total. The Labute approximate surface area is 120 Å². The van der Waals surface area contributed by atoms with E-state index < -0.39 is 16.2 Å². The maximum absolute atomic E-state index is 11.9. The zero-order valence-electron chi connectivity index (χ0n) is 11.3. The molecule has 0 aromatic heterocycles. The van der Waals surface area contributed by atoms with Crippen LogP contribution in [0.2, 0.25) is 0 Å². The van der Waals surface area contributed by atoms with E-state index >= 15 is 0 Å². The van der Waals surface area contributed by atoms with Crippen LogP contribution in [0.5, 0.6) is 0 Å². The summed E-state index contributed by atoms with van der Waals surface area (Å²) in [6.07, 6.45) is 5.75. The van der Waals surface area contributed by atoms with E-state index in [1.807, 2.05) is 0 Å². The fourth-order valence-electron chi connectivity index (χ4n) is 1.83. The van der Waals surface area contributed by atoms with Crippen molar-refractivity contribution in [3.8, 4) is 0 Å². The Bertz CT molecular complexity index is 234. The third-order valence-electron chi connectivity index (χ3n) is 3.11. The summed E-state index contributed by atoms with van der Waals surface area (Å²) < 4.78 is 4.97. The monoisotopic (exact) mass is 298 g/mol. The van der Waals surface area contributed by atoms with Crippen LogP contribution in [0.1, 0.15) is 52.4 Å². The molecule has 1 atom stereocenters. The molecular weight excluding hydrogens is 275 g/mol. The summed E-state index contributed by atoms with van der Waals surface area (Å²) in [5, 5.41) is 9.48. The van der Waals surface area contributed by atoms with Gasteiger partial charge in [0.25, 0.3) is 0 Å². The van der Waals surface area contributed by atoms with Gasteiger partial charge in [-0.3, -0.25) is 4.79 Å². The fraction of sp³-hybridized carbons (Fsp3) is 0.923. The van der Waals surface area contributed by atoms with Gasteiger partial charge >= 0.3 is 5.97 Å². The van der Waals surface area contributed by atoms with Crippen LogP contribution in [-0.4, -0.2) is 29.1 Å². The lowest BCUT2D eigenvalue weighted by Crippen LogP contribution is -2.42. The molecule has 0 heterocycles. The van der Waals surface area contributed by atoms with E-state index in [1.165, 1.54) is 6.42 Å².